The molecular weight excluding hydrogens is 292 g/mol. The molecule has 0 aromatic heterocycles. The molecule has 7 heteroatoms. The molecular formula is C14H18N2O4S. The molecule has 114 valence electrons. The maximum Gasteiger partial charge on any atom is 0.218 e. The first-order valence-electron chi connectivity index (χ1n) is 6.68. The highest BCUT2D eigenvalue weighted by Crippen LogP contribution is 2.18. The largest absolute Gasteiger partial charge is 0.394 e. The normalized spacial score (nSPS) is 23.7. The number of benzene rings is 1. The Morgan fingerprint density at radius 3 is 2.90 bits per heavy atom. The van der Waals surface area contributed by atoms with Crippen LogP contribution in [0.3, 0.4) is 0 Å². The first-order chi connectivity index (χ1) is 9.94. The van der Waals surface area contributed by atoms with E-state index in [9.17, 15) is 8.42 Å². The quantitative estimate of drug-likeness (QED) is 0.873. The van der Waals surface area contributed by atoms with Gasteiger partial charge in [-0.3, -0.25) is 0 Å². The van der Waals surface area contributed by atoms with Crippen LogP contribution in [0.15, 0.2) is 24.3 Å². The molecule has 1 saturated heterocycles. The summed E-state index contributed by atoms with van der Waals surface area (Å²) in [5.41, 5.74) is 1.01. The highest BCUT2D eigenvalue weighted by molar-refractivity contribution is 7.88. The average molecular weight is 310 g/mol. The summed E-state index contributed by atoms with van der Waals surface area (Å²) < 4.78 is 31.7. The van der Waals surface area contributed by atoms with Gasteiger partial charge in [0.25, 0.3) is 0 Å². The summed E-state index contributed by atoms with van der Waals surface area (Å²) in [6.07, 6.45) is -0.745. The second-order valence-corrected chi connectivity index (χ2v) is 7.11. The van der Waals surface area contributed by atoms with Crippen LogP contribution < -0.4 is 0 Å². The molecule has 0 aliphatic carbocycles. The van der Waals surface area contributed by atoms with E-state index in [1.54, 1.807) is 31.2 Å². The Labute approximate surface area is 124 Å². The van der Waals surface area contributed by atoms with Gasteiger partial charge in [-0.05, 0) is 24.6 Å². The summed E-state index contributed by atoms with van der Waals surface area (Å²) in [7, 11) is -3.50. The van der Waals surface area contributed by atoms with Gasteiger partial charge in [0.05, 0.1) is 36.2 Å². The minimum atomic E-state index is -3.50. The standard InChI is InChI=1S/C14H18N2O4S/c1-11-7-16(8-14(9-17)20-11)21(18,19)10-13-4-2-3-12(5-13)6-15/h2-5,11,14,17H,7-10H2,1H3. The van der Waals surface area contributed by atoms with Crippen molar-refractivity contribution >= 4 is 10.0 Å². The lowest BCUT2D eigenvalue weighted by Gasteiger charge is -2.35. The van der Waals surface area contributed by atoms with Crippen molar-refractivity contribution in [3.8, 4) is 6.07 Å². The lowest BCUT2D eigenvalue weighted by Crippen LogP contribution is -2.50. The summed E-state index contributed by atoms with van der Waals surface area (Å²) in [4.78, 5) is 0. The van der Waals surface area contributed by atoms with Gasteiger partial charge in [-0.25, -0.2) is 8.42 Å². The zero-order chi connectivity index (χ0) is 15.5. The van der Waals surface area contributed by atoms with Crippen LogP contribution in [-0.4, -0.2) is 49.7 Å². The lowest BCUT2D eigenvalue weighted by atomic mass is 10.2. The molecule has 2 unspecified atom stereocenters. The number of sulfonamides is 1. The lowest BCUT2D eigenvalue weighted by molar-refractivity contribution is -0.0750. The fourth-order valence-electron chi connectivity index (χ4n) is 2.36. The van der Waals surface area contributed by atoms with Crippen molar-refractivity contribution in [2.75, 3.05) is 19.7 Å². The number of ether oxygens (including phenoxy) is 1. The molecule has 6 nitrogen and oxygen atoms in total. The van der Waals surface area contributed by atoms with Crippen LogP contribution >= 0.6 is 0 Å². The van der Waals surface area contributed by atoms with Crippen LogP contribution in [-0.2, 0) is 20.5 Å². The number of aliphatic hydroxyl groups excluding tert-OH is 1. The number of morpholine rings is 1. The first-order valence-corrected chi connectivity index (χ1v) is 8.28. The maximum atomic E-state index is 12.5. The smallest absolute Gasteiger partial charge is 0.218 e. The molecule has 2 rings (SSSR count). The summed E-state index contributed by atoms with van der Waals surface area (Å²) in [5, 5.41) is 18.0. The van der Waals surface area contributed by atoms with Crippen molar-refractivity contribution in [1.29, 1.82) is 5.26 Å². The molecule has 1 N–H and O–H groups in total. The molecule has 1 fully saturated rings. The van der Waals surface area contributed by atoms with E-state index in [0.29, 0.717) is 11.1 Å². The number of hydrogen-bond donors (Lipinski definition) is 1. The molecule has 0 spiro atoms. The van der Waals surface area contributed by atoms with E-state index >= 15 is 0 Å². The minimum absolute atomic E-state index is 0.154. The van der Waals surface area contributed by atoms with Gasteiger partial charge in [-0.15, -0.1) is 0 Å². The van der Waals surface area contributed by atoms with Crippen LogP contribution in [0.5, 0.6) is 0 Å². The van der Waals surface area contributed by atoms with Crippen LogP contribution in [0, 0.1) is 11.3 Å². The number of nitrogens with zero attached hydrogens (tertiary/aromatic N) is 2. The Kier molecular flexibility index (Phi) is 4.96. The van der Waals surface area contributed by atoms with Crippen molar-refractivity contribution in [3.05, 3.63) is 35.4 Å². The third-order valence-corrected chi connectivity index (χ3v) is 5.08. The molecule has 0 saturated carbocycles. The highest BCUT2D eigenvalue weighted by atomic mass is 32.2. The molecule has 1 heterocycles. The number of hydrogen-bond acceptors (Lipinski definition) is 5. The first kappa shape index (κ1) is 15.9. The summed E-state index contributed by atoms with van der Waals surface area (Å²) >= 11 is 0. The van der Waals surface area contributed by atoms with Gasteiger partial charge in [0.2, 0.25) is 10.0 Å². The molecule has 0 radical (unpaired) electrons. The van der Waals surface area contributed by atoms with E-state index in [-0.39, 0.29) is 31.6 Å². The van der Waals surface area contributed by atoms with Gasteiger partial charge in [0.1, 0.15) is 0 Å². The average Bonchev–Trinajstić information content (AvgIpc) is 2.46. The molecule has 1 aromatic carbocycles. The molecule has 21 heavy (non-hydrogen) atoms. The van der Waals surface area contributed by atoms with E-state index in [1.807, 2.05) is 6.07 Å². The Morgan fingerprint density at radius 1 is 1.48 bits per heavy atom. The van der Waals surface area contributed by atoms with Crippen molar-refractivity contribution in [2.45, 2.75) is 24.9 Å². The van der Waals surface area contributed by atoms with Gasteiger partial charge in [0.15, 0.2) is 0 Å². The van der Waals surface area contributed by atoms with Crippen molar-refractivity contribution < 1.29 is 18.3 Å². The number of aliphatic hydroxyl groups is 1. The van der Waals surface area contributed by atoms with Crippen LogP contribution in [0.1, 0.15) is 18.1 Å². The SMILES string of the molecule is CC1CN(S(=O)(=O)Cc2cccc(C#N)c2)CC(CO)O1. The zero-order valence-electron chi connectivity index (χ0n) is 11.8. The zero-order valence-corrected chi connectivity index (χ0v) is 12.6. The summed E-state index contributed by atoms with van der Waals surface area (Å²) in [5.74, 6) is -0.159. The van der Waals surface area contributed by atoms with Crippen molar-refractivity contribution in [3.63, 3.8) is 0 Å². The van der Waals surface area contributed by atoms with Gasteiger partial charge >= 0.3 is 0 Å². The Hall–Kier alpha value is -1.46. The maximum absolute atomic E-state index is 12.5. The highest BCUT2D eigenvalue weighted by Gasteiger charge is 2.32. The van der Waals surface area contributed by atoms with Crippen molar-refractivity contribution in [2.24, 2.45) is 0 Å². The number of rotatable bonds is 4. The predicted molar refractivity (Wildman–Crippen MR) is 76.8 cm³/mol. The van der Waals surface area contributed by atoms with Gasteiger partial charge < -0.3 is 9.84 Å². The minimum Gasteiger partial charge on any atom is -0.394 e. The molecule has 2 atom stereocenters. The van der Waals surface area contributed by atoms with Crippen LogP contribution in [0.4, 0.5) is 0 Å². The molecule has 1 aromatic rings. The van der Waals surface area contributed by atoms with Gasteiger partial charge in [-0.2, -0.15) is 9.57 Å². The molecule has 0 bridgehead atoms. The van der Waals surface area contributed by atoms with E-state index in [2.05, 4.69) is 0 Å². The van der Waals surface area contributed by atoms with E-state index in [0.717, 1.165) is 0 Å². The Balaban J connectivity index is 2.15. The third-order valence-electron chi connectivity index (χ3n) is 3.29. The van der Waals surface area contributed by atoms with E-state index in [1.165, 1.54) is 4.31 Å². The summed E-state index contributed by atoms with van der Waals surface area (Å²) in [6.45, 7) is 2.00. The van der Waals surface area contributed by atoms with Crippen LogP contribution in [0.25, 0.3) is 0 Å². The predicted octanol–water partition coefficient (Wildman–Crippen LogP) is 0.470. The van der Waals surface area contributed by atoms with Crippen molar-refractivity contribution in [1.82, 2.24) is 4.31 Å². The topological polar surface area (TPSA) is 90.6 Å². The monoisotopic (exact) mass is 310 g/mol. The Morgan fingerprint density at radius 2 is 2.24 bits per heavy atom. The second kappa shape index (κ2) is 6.54. The van der Waals surface area contributed by atoms with E-state index in [4.69, 9.17) is 15.1 Å². The number of nitriles is 1. The fraction of sp³-hybridized carbons (Fsp3) is 0.500. The molecule has 1 aliphatic heterocycles. The van der Waals surface area contributed by atoms with Gasteiger partial charge in [-0.1, -0.05) is 12.1 Å². The molecule has 0 amide bonds. The second-order valence-electron chi connectivity index (χ2n) is 5.14. The fourth-order valence-corrected chi connectivity index (χ4v) is 3.98. The third kappa shape index (κ3) is 4.02. The summed E-state index contributed by atoms with van der Waals surface area (Å²) in [6, 6.07) is 8.56. The van der Waals surface area contributed by atoms with E-state index < -0.39 is 16.1 Å². The van der Waals surface area contributed by atoms with Gasteiger partial charge in [0, 0.05) is 13.1 Å². The van der Waals surface area contributed by atoms with Crippen LogP contribution in [0.2, 0.25) is 0 Å². The molecule has 1 aliphatic rings. The Bertz CT molecular complexity index is 639.